The number of sulfonamides is 4. The van der Waals surface area contributed by atoms with Crippen molar-refractivity contribution in [1.29, 1.82) is 0 Å². The van der Waals surface area contributed by atoms with Gasteiger partial charge in [0.1, 0.15) is 35.2 Å². The molecular weight excluding hydrogens is 1590 g/mol. The first-order chi connectivity index (χ1) is 58.7. The summed E-state index contributed by atoms with van der Waals surface area (Å²) in [5.41, 5.74) is 2.15. The van der Waals surface area contributed by atoms with Gasteiger partial charge in [-0.25, -0.2) is 33.7 Å². The molecule has 0 aliphatic heterocycles. The Morgan fingerprint density at radius 3 is 0.653 bits per heavy atom. The summed E-state index contributed by atoms with van der Waals surface area (Å²) in [6.07, 6.45) is 44.6. The van der Waals surface area contributed by atoms with E-state index >= 15 is 16.8 Å². The predicted molar refractivity (Wildman–Crippen MR) is 498 cm³/mol. The molecule has 0 bridgehead atoms. The van der Waals surface area contributed by atoms with Crippen LogP contribution >= 0.6 is 0 Å². The maximum atomic E-state index is 15.2. The molecule has 21 heteroatoms. The molecule has 0 fully saturated rings. The second-order valence-corrected chi connectivity index (χ2v) is 39.4. The Hall–Kier alpha value is -8.08. The van der Waals surface area contributed by atoms with E-state index in [1.165, 1.54) is 228 Å². The highest BCUT2D eigenvalue weighted by Crippen LogP contribution is 2.45. The van der Waals surface area contributed by atoms with E-state index in [9.17, 15) is 16.8 Å². The molecule has 2 atom stereocenters. The quantitative estimate of drug-likeness (QED) is 0.0260. The average molecular weight is 1740 g/mol. The number of aryl methyl sites for hydroxylation is 2. The lowest BCUT2D eigenvalue weighted by atomic mass is 9.94. The van der Waals surface area contributed by atoms with Crippen LogP contribution in [-0.4, -0.2) is 60.1 Å². The lowest BCUT2D eigenvalue weighted by Gasteiger charge is -2.30. The highest BCUT2D eigenvalue weighted by molar-refractivity contribution is 7.93. The number of hydrogen-bond acceptors (Lipinski definition) is 13. The lowest BCUT2D eigenvalue weighted by Crippen LogP contribution is -2.21. The first-order valence-corrected chi connectivity index (χ1v) is 51.7. The van der Waals surface area contributed by atoms with Crippen molar-refractivity contribution in [3.8, 4) is 23.0 Å². The summed E-state index contributed by atoms with van der Waals surface area (Å²) in [5, 5.41) is 0. The van der Waals surface area contributed by atoms with Crippen LogP contribution in [0.5, 0.6) is 23.0 Å². The van der Waals surface area contributed by atoms with Crippen LogP contribution in [0.3, 0.4) is 0 Å². The van der Waals surface area contributed by atoms with Crippen molar-refractivity contribution in [2.24, 2.45) is 0 Å². The van der Waals surface area contributed by atoms with Gasteiger partial charge >= 0.3 is 0 Å². The minimum Gasteiger partial charge on any atom is -0.494 e. The van der Waals surface area contributed by atoms with Crippen LogP contribution < -0.4 is 37.8 Å². The summed E-state index contributed by atoms with van der Waals surface area (Å²) in [5.74, 6) is 2.08. The van der Waals surface area contributed by atoms with Crippen LogP contribution in [0.4, 0.5) is 22.7 Å². The molecule has 17 nitrogen and oxygen atoms in total. The first-order valence-electron chi connectivity index (χ1n) is 45.8. The SMILES string of the molecule is CCCCCCCCCCCCOc1ccc(S(=O)(=O)Nc2cc(C(OC(c3ccccc3)c3cc(NS(=O)(=O)c4ccc(OCCCCCCCCCCCC)cc4)c(C)cc3NS(=O)(=O)c3ccc(OCCCCCCCCCCCC)cc3)c3ccccc3)c(NS(=O)(=O)c3ccc(OCCCCCCCCCCCC)cc3)cc2C)cc1. The zero-order valence-electron chi connectivity index (χ0n) is 73.5. The fourth-order valence-electron chi connectivity index (χ4n) is 15.1. The van der Waals surface area contributed by atoms with Gasteiger partial charge in [0.15, 0.2) is 0 Å². The number of nitrogens with one attached hydrogen (secondary N) is 4. The van der Waals surface area contributed by atoms with E-state index in [1.807, 2.05) is 12.1 Å². The largest absolute Gasteiger partial charge is 0.494 e. The van der Waals surface area contributed by atoms with Gasteiger partial charge in [-0.05, 0) is 183 Å². The summed E-state index contributed by atoms with van der Waals surface area (Å²) in [6.45, 7) is 14.2. The Morgan fingerprint density at radius 1 is 0.240 bits per heavy atom. The highest BCUT2D eigenvalue weighted by Gasteiger charge is 2.33. The second kappa shape index (κ2) is 54.5. The third kappa shape index (κ3) is 35.2. The van der Waals surface area contributed by atoms with E-state index in [-0.39, 0.29) is 53.5 Å². The molecule has 0 aromatic heterocycles. The van der Waals surface area contributed by atoms with Crippen LogP contribution in [0, 0.1) is 13.8 Å². The molecule has 0 spiro atoms. The van der Waals surface area contributed by atoms with Crippen LogP contribution in [-0.2, 0) is 44.8 Å². The molecule has 0 saturated carbocycles. The Bertz CT molecular complexity index is 4390. The summed E-state index contributed by atoms with van der Waals surface area (Å²) < 4.78 is 164. The van der Waals surface area contributed by atoms with E-state index in [4.69, 9.17) is 23.7 Å². The summed E-state index contributed by atoms with van der Waals surface area (Å²) in [4.78, 5) is -0.259. The number of anilines is 4. The number of unbranched alkanes of at least 4 members (excludes halogenated alkanes) is 36. The predicted octanol–water partition coefficient (Wildman–Crippen LogP) is 27.6. The molecular formula is C100H142N4O13S4. The van der Waals surface area contributed by atoms with E-state index in [1.54, 1.807) is 135 Å². The van der Waals surface area contributed by atoms with Gasteiger partial charge in [0, 0.05) is 11.1 Å². The van der Waals surface area contributed by atoms with Crippen molar-refractivity contribution in [2.45, 2.75) is 330 Å². The monoisotopic (exact) mass is 1730 g/mol. The normalized spacial score (nSPS) is 12.4. The molecule has 0 radical (unpaired) electrons. The minimum atomic E-state index is -4.48. The molecule has 8 aromatic carbocycles. The van der Waals surface area contributed by atoms with Gasteiger partial charge in [-0.2, -0.15) is 0 Å². The van der Waals surface area contributed by atoms with Crippen molar-refractivity contribution in [2.75, 3.05) is 45.3 Å². The van der Waals surface area contributed by atoms with Crippen LogP contribution in [0.25, 0.3) is 0 Å². The van der Waals surface area contributed by atoms with Crippen molar-refractivity contribution in [1.82, 2.24) is 0 Å². The Balaban J connectivity index is 1.14. The maximum Gasteiger partial charge on any atom is 0.261 e. The van der Waals surface area contributed by atoms with Crippen molar-refractivity contribution in [3.63, 3.8) is 0 Å². The number of hydrogen-bond donors (Lipinski definition) is 4. The van der Waals surface area contributed by atoms with Crippen LogP contribution in [0.2, 0.25) is 0 Å². The molecule has 121 heavy (non-hydrogen) atoms. The summed E-state index contributed by atoms with van der Waals surface area (Å²) in [6, 6.07) is 49.1. The Labute approximate surface area is 729 Å². The summed E-state index contributed by atoms with van der Waals surface area (Å²) >= 11 is 0. The number of rotatable bonds is 66. The van der Waals surface area contributed by atoms with Gasteiger partial charge in [-0.15, -0.1) is 0 Å². The number of ether oxygens (including phenoxy) is 5. The molecule has 0 heterocycles. The molecule has 0 aliphatic rings. The van der Waals surface area contributed by atoms with Gasteiger partial charge in [0.05, 0.1) is 68.8 Å². The van der Waals surface area contributed by atoms with E-state index < -0.39 is 52.3 Å². The van der Waals surface area contributed by atoms with E-state index in [0.29, 0.717) is 71.7 Å². The van der Waals surface area contributed by atoms with E-state index in [2.05, 4.69) is 46.6 Å². The fourth-order valence-corrected chi connectivity index (χ4v) is 19.5. The smallest absolute Gasteiger partial charge is 0.261 e. The Morgan fingerprint density at radius 2 is 0.438 bits per heavy atom. The molecule has 0 aliphatic carbocycles. The third-order valence-electron chi connectivity index (χ3n) is 22.4. The Kier molecular flexibility index (Phi) is 44.3. The van der Waals surface area contributed by atoms with Gasteiger partial charge in [0.2, 0.25) is 0 Å². The first kappa shape index (κ1) is 98.4. The third-order valence-corrected chi connectivity index (χ3v) is 27.9. The van der Waals surface area contributed by atoms with Crippen LogP contribution in [0.15, 0.2) is 202 Å². The average Bonchev–Trinajstić information content (AvgIpc) is 0.763. The molecule has 0 amide bonds. The standard InChI is InChI=1S/C100H142N4O13S4/c1-7-11-15-19-23-27-31-35-39-49-73-113-85-57-65-89(66-58-85)118(105,106)101-95-79-93(97(77-81(95)5)103-120(109,110)91-69-61-87(62-70-91)115-75-51-41-37-33-29-25-21-17-13-9-3)99(83-53-45-43-46-54-83)117-100(84-55-47-44-48-56-84)94-80-96(102-119(107,108)90-67-59-86(60-68-90)114-74-50-40-36-32-28-24-20-16-12-8-2)82(6)78-98(94)104-121(111,112)92-71-63-88(64-72-92)116-76-52-42-38-34-30-26-22-18-14-10-4/h43-48,53-72,77-80,99-104H,7-42,49-52,73-76H2,1-6H3. The fraction of sp³-hybridized carbons (Fsp3) is 0.520. The van der Waals surface area contributed by atoms with E-state index in [0.717, 1.165) is 77.0 Å². The molecule has 0 saturated heterocycles. The van der Waals surface area contributed by atoms with Crippen molar-refractivity contribution < 1.29 is 57.4 Å². The van der Waals surface area contributed by atoms with Gasteiger partial charge in [-0.1, -0.05) is 320 Å². The zero-order valence-corrected chi connectivity index (χ0v) is 76.8. The van der Waals surface area contributed by atoms with Crippen LogP contribution in [0.1, 0.15) is 330 Å². The topological polar surface area (TPSA) is 231 Å². The molecule has 4 N–H and O–H groups in total. The maximum absolute atomic E-state index is 15.2. The summed E-state index contributed by atoms with van der Waals surface area (Å²) in [7, 11) is -17.7. The van der Waals surface area contributed by atoms with Gasteiger partial charge in [-0.3, -0.25) is 18.9 Å². The van der Waals surface area contributed by atoms with Crippen molar-refractivity contribution in [3.05, 3.63) is 215 Å². The van der Waals surface area contributed by atoms with Crippen molar-refractivity contribution >= 4 is 62.8 Å². The minimum absolute atomic E-state index is 0.0238. The zero-order chi connectivity index (χ0) is 86.2. The molecule has 2 unspecified atom stereocenters. The molecule has 664 valence electrons. The molecule has 8 aromatic rings. The molecule has 8 rings (SSSR count). The second-order valence-electron chi connectivity index (χ2n) is 32.7. The lowest BCUT2D eigenvalue weighted by molar-refractivity contribution is 0.0317. The van der Waals surface area contributed by atoms with Gasteiger partial charge in [0.25, 0.3) is 40.1 Å². The van der Waals surface area contributed by atoms with Gasteiger partial charge < -0.3 is 23.7 Å². The number of benzene rings is 8. The highest BCUT2D eigenvalue weighted by atomic mass is 32.2.